The molecular formula is C21H40IN5. The van der Waals surface area contributed by atoms with Gasteiger partial charge in [0.25, 0.3) is 0 Å². The fourth-order valence-corrected chi connectivity index (χ4v) is 3.12. The van der Waals surface area contributed by atoms with E-state index in [1.54, 1.807) is 0 Å². The predicted octanol–water partition coefficient (Wildman–Crippen LogP) is 3.54. The lowest BCUT2D eigenvalue weighted by Crippen LogP contribution is -2.41. The van der Waals surface area contributed by atoms with Gasteiger partial charge in [0.15, 0.2) is 5.96 Å². The van der Waals surface area contributed by atoms with Gasteiger partial charge >= 0.3 is 0 Å². The second kappa shape index (κ2) is 14.2. The minimum Gasteiger partial charge on any atom is -0.356 e. The Morgan fingerprint density at radius 1 is 0.963 bits per heavy atom. The van der Waals surface area contributed by atoms with Gasteiger partial charge in [0.2, 0.25) is 0 Å². The van der Waals surface area contributed by atoms with Crippen molar-refractivity contribution in [2.45, 2.75) is 59.3 Å². The van der Waals surface area contributed by atoms with Gasteiger partial charge in [-0.1, -0.05) is 24.3 Å². The van der Waals surface area contributed by atoms with E-state index in [0.717, 1.165) is 38.6 Å². The van der Waals surface area contributed by atoms with Gasteiger partial charge in [-0.3, -0.25) is 9.89 Å². The molecular weight excluding hydrogens is 449 g/mol. The Labute approximate surface area is 184 Å². The van der Waals surface area contributed by atoms with Crippen LogP contribution < -0.4 is 10.6 Å². The Hall–Kier alpha value is -0.860. The van der Waals surface area contributed by atoms with Crippen molar-refractivity contribution in [3.8, 4) is 0 Å². The molecule has 0 bridgehead atoms. The van der Waals surface area contributed by atoms with E-state index in [0.29, 0.717) is 12.1 Å². The first kappa shape index (κ1) is 26.1. The van der Waals surface area contributed by atoms with Crippen molar-refractivity contribution >= 4 is 29.9 Å². The number of hydrogen-bond acceptors (Lipinski definition) is 3. The quantitative estimate of drug-likeness (QED) is 0.229. The zero-order chi connectivity index (χ0) is 19.5. The van der Waals surface area contributed by atoms with Crippen molar-refractivity contribution in [3.05, 3.63) is 35.4 Å². The highest BCUT2D eigenvalue weighted by Crippen LogP contribution is 2.06. The molecule has 2 N–H and O–H groups in total. The molecule has 1 aromatic rings. The molecule has 0 aliphatic heterocycles. The molecule has 0 saturated carbocycles. The SMILES string of the molecule is CN=C(NCCCN(C(C)C)C(C)C)NCc1ccc(CN(C)C)cc1.I. The van der Waals surface area contributed by atoms with Crippen molar-refractivity contribution in [1.29, 1.82) is 0 Å². The van der Waals surface area contributed by atoms with Crippen LogP contribution in [-0.2, 0) is 13.1 Å². The zero-order valence-corrected chi connectivity index (χ0v) is 20.6. The number of nitrogens with one attached hydrogen (secondary N) is 2. The van der Waals surface area contributed by atoms with E-state index in [-0.39, 0.29) is 24.0 Å². The van der Waals surface area contributed by atoms with Crippen LogP contribution in [0.25, 0.3) is 0 Å². The highest BCUT2D eigenvalue weighted by Gasteiger charge is 2.12. The lowest BCUT2D eigenvalue weighted by molar-refractivity contribution is 0.173. The Bertz CT molecular complexity index is 518. The van der Waals surface area contributed by atoms with E-state index in [4.69, 9.17) is 0 Å². The van der Waals surface area contributed by atoms with Crippen molar-refractivity contribution in [2.75, 3.05) is 34.2 Å². The molecule has 0 spiro atoms. The van der Waals surface area contributed by atoms with Gasteiger partial charge in [0.05, 0.1) is 0 Å². The average Bonchev–Trinajstić information content (AvgIpc) is 2.57. The maximum atomic E-state index is 4.32. The van der Waals surface area contributed by atoms with Crippen LogP contribution in [0.15, 0.2) is 29.3 Å². The van der Waals surface area contributed by atoms with E-state index in [2.05, 4.69) is 91.5 Å². The number of halogens is 1. The van der Waals surface area contributed by atoms with Crippen LogP contribution in [0.4, 0.5) is 0 Å². The molecule has 1 aromatic carbocycles. The molecule has 0 radical (unpaired) electrons. The third kappa shape index (κ3) is 10.9. The smallest absolute Gasteiger partial charge is 0.191 e. The van der Waals surface area contributed by atoms with Gasteiger partial charge in [-0.05, 0) is 59.3 Å². The normalized spacial score (nSPS) is 12.0. The third-order valence-corrected chi connectivity index (χ3v) is 4.42. The molecule has 1 rings (SSSR count). The van der Waals surface area contributed by atoms with Crippen molar-refractivity contribution in [3.63, 3.8) is 0 Å². The van der Waals surface area contributed by atoms with Crippen molar-refractivity contribution in [1.82, 2.24) is 20.4 Å². The number of benzene rings is 1. The molecule has 5 nitrogen and oxygen atoms in total. The van der Waals surface area contributed by atoms with Crippen LogP contribution in [0.5, 0.6) is 0 Å². The molecule has 0 aliphatic carbocycles. The molecule has 0 fully saturated rings. The second-order valence-corrected chi connectivity index (χ2v) is 7.69. The molecule has 27 heavy (non-hydrogen) atoms. The summed E-state index contributed by atoms with van der Waals surface area (Å²) in [5.41, 5.74) is 2.60. The van der Waals surface area contributed by atoms with Gasteiger partial charge in [-0.15, -0.1) is 24.0 Å². The van der Waals surface area contributed by atoms with Crippen LogP contribution in [0, 0.1) is 0 Å². The maximum Gasteiger partial charge on any atom is 0.191 e. The summed E-state index contributed by atoms with van der Waals surface area (Å²) in [6.07, 6.45) is 1.11. The molecule has 0 aromatic heterocycles. The molecule has 0 heterocycles. The summed E-state index contributed by atoms with van der Waals surface area (Å²) in [5.74, 6) is 0.864. The minimum atomic E-state index is 0. The van der Waals surface area contributed by atoms with E-state index in [1.165, 1.54) is 11.1 Å². The molecule has 6 heteroatoms. The molecule has 0 unspecified atom stereocenters. The monoisotopic (exact) mass is 489 g/mol. The first-order chi connectivity index (χ1) is 12.3. The van der Waals surface area contributed by atoms with Gasteiger partial charge < -0.3 is 15.5 Å². The molecule has 0 amide bonds. The largest absolute Gasteiger partial charge is 0.356 e. The number of hydrogen-bond donors (Lipinski definition) is 2. The van der Waals surface area contributed by atoms with Gasteiger partial charge in [0, 0.05) is 45.3 Å². The van der Waals surface area contributed by atoms with Gasteiger partial charge in [-0.2, -0.15) is 0 Å². The first-order valence-electron chi connectivity index (χ1n) is 9.76. The Balaban J connectivity index is 0.00000676. The number of aliphatic imine (C=N–C) groups is 1. The zero-order valence-electron chi connectivity index (χ0n) is 18.2. The Morgan fingerprint density at radius 2 is 1.52 bits per heavy atom. The van der Waals surface area contributed by atoms with Crippen LogP contribution in [0.3, 0.4) is 0 Å². The fourth-order valence-electron chi connectivity index (χ4n) is 3.12. The predicted molar refractivity (Wildman–Crippen MR) is 129 cm³/mol. The van der Waals surface area contributed by atoms with E-state index in [1.807, 2.05) is 7.05 Å². The highest BCUT2D eigenvalue weighted by molar-refractivity contribution is 14.0. The first-order valence-corrected chi connectivity index (χ1v) is 9.76. The summed E-state index contributed by atoms with van der Waals surface area (Å²) in [7, 11) is 6.00. The summed E-state index contributed by atoms with van der Waals surface area (Å²) < 4.78 is 0. The molecule has 0 atom stereocenters. The van der Waals surface area contributed by atoms with E-state index < -0.39 is 0 Å². The highest BCUT2D eigenvalue weighted by atomic mass is 127. The summed E-state index contributed by atoms with van der Waals surface area (Å²) in [4.78, 5) is 9.02. The standard InChI is InChI=1S/C21H39N5.HI/c1-17(2)26(18(3)4)14-8-13-23-21(22-5)24-15-19-9-11-20(12-10-19)16-25(6)7;/h9-12,17-18H,8,13-16H2,1-7H3,(H2,22,23,24);1H. The van der Waals surface area contributed by atoms with Crippen LogP contribution in [-0.4, -0.2) is 62.1 Å². The lowest BCUT2D eigenvalue weighted by Gasteiger charge is -2.30. The summed E-state index contributed by atoms with van der Waals surface area (Å²) in [6, 6.07) is 9.93. The third-order valence-electron chi connectivity index (χ3n) is 4.42. The number of rotatable bonds is 10. The maximum absolute atomic E-state index is 4.32. The van der Waals surface area contributed by atoms with Crippen LogP contribution in [0.2, 0.25) is 0 Å². The second-order valence-electron chi connectivity index (χ2n) is 7.69. The average molecular weight is 489 g/mol. The van der Waals surface area contributed by atoms with Gasteiger partial charge in [0.1, 0.15) is 0 Å². The van der Waals surface area contributed by atoms with E-state index in [9.17, 15) is 0 Å². The van der Waals surface area contributed by atoms with E-state index >= 15 is 0 Å². The van der Waals surface area contributed by atoms with Gasteiger partial charge in [-0.25, -0.2) is 0 Å². The lowest BCUT2D eigenvalue weighted by atomic mass is 10.1. The van der Waals surface area contributed by atoms with Crippen LogP contribution in [0.1, 0.15) is 45.2 Å². The molecule has 0 aliphatic rings. The Morgan fingerprint density at radius 3 is 2.00 bits per heavy atom. The topological polar surface area (TPSA) is 42.9 Å². The fraction of sp³-hybridized carbons (Fsp3) is 0.667. The summed E-state index contributed by atoms with van der Waals surface area (Å²) in [6.45, 7) is 12.8. The van der Waals surface area contributed by atoms with Crippen molar-refractivity contribution < 1.29 is 0 Å². The Kier molecular flexibility index (Phi) is 13.7. The number of guanidine groups is 1. The molecule has 156 valence electrons. The summed E-state index contributed by atoms with van der Waals surface area (Å²) >= 11 is 0. The molecule has 0 saturated heterocycles. The summed E-state index contributed by atoms with van der Waals surface area (Å²) in [5, 5.41) is 6.81. The van der Waals surface area contributed by atoms with Crippen LogP contribution >= 0.6 is 24.0 Å². The van der Waals surface area contributed by atoms with Crippen molar-refractivity contribution in [2.24, 2.45) is 4.99 Å². The minimum absolute atomic E-state index is 0. The number of nitrogens with zero attached hydrogens (tertiary/aromatic N) is 3.